The molecule has 1 aliphatic carbocycles. The summed E-state index contributed by atoms with van der Waals surface area (Å²) < 4.78 is 1.62. The van der Waals surface area contributed by atoms with Crippen molar-refractivity contribution in [2.75, 3.05) is 13.6 Å². The molecule has 0 unspecified atom stereocenters. The summed E-state index contributed by atoms with van der Waals surface area (Å²) >= 11 is 0. The predicted octanol–water partition coefficient (Wildman–Crippen LogP) is 0.644. The van der Waals surface area contributed by atoms with Gasteiger partial charge in [0.2, 0.25) is 5.91 Å². The molecule has 0 atom stereocenters. The number of likely N-dealkylation sites (N-methyl/N-ethyl adjacent to an activating group) is 1. The summed E-state index contributed by atoms with van der Waals surface area (Å²) in [5.41, 5.74) is 0.877. The van der Waals surface area contributed by atoms with Gasteiger partial charge in [0.05, 0.1) is 11.9 Å². The van der Waals surface area contributed by atoms with Crippen molar-refractivity contribution in [1.82, 2.24) is 25.2 Å². The Bertz CT molecular complexity index is 424. The minimum absolute atomic E-state index is 0.106. The molecule has 0 bridgehead atoms. The number of nitrogens with zero attached hydrogens (tertiary/aromatic N) is 4. The molecule has 6 nitrogen and oxygen atoms in total. The quantitative estimate of drug-likeness (QED) is 0.786. The third kappa shape index (κ3) is 4.31. The average Bonchev–Trinajstić information content (AvgIpc) is 3.11. The van der Waals surface area contributed by atoms with E-state index in [2.05, 4.69) is 29.5 Å². The summed E-state index contributed by atoms with van der Waals surface area (Å²) in [6.45, 7) is 6.26. The zero-order valence-corrected chi connectivity index (χ0v) is 12.0. The molecule has 6 heteroatoms. The smallest absolute Gasteiger partial charge is 0.244 e. The number of amides is 1. The fourth-order valence-corrected chi connectivity index (χ4v) is 1.90. The number of hydrogen-bond acceptors (Lipinski definition) is 4. The lowest BCUT2D eigenvalue weighted by molar-refractivity contribution is -0.131. The monoisotopic (exact) mass is 265 g/mol. The summed E-state index contributed by atoms with van der Waals surface area (Å²) in [6.07, 6.45) is 4.10. The van der Waals surface area contributed by atoms with Gasteiger partial charge in [0.1, 0.15) is 6.54 Å². The van der Waals surface area contributed by atoms with E-state index in [1.54, 1.807) is 4.68 Å². The van der Waals surface area contributed by atoms with Crippen LogP contribution in [0.4, 0.5) is 0 Å². The van der Waals surface area contributed by atoms with Crippen molar-refractivity contribution >= 4 is 5.91 Å². The molecular weight excluding hydrogens is 242 g/mol. The number of aromatic nitrogens is 3. The molecule has 1 fully saturated rings. The highest BCUT2D eigenvalue weighted by atomic mass is 16.2. The highest BCUT2D eigenvalue weighted by Crippen LogP contribution is 2.25. The van der Waals surface area contributed by atoms with E-state index in [9.17, 15) is 4.79 Å². The van der Waals surface area contributed by atoms with Crippen LogP contribution in [0.25, 0.3) is 0 Å². The summed E-state index contributed by atoms with van der Waals surface area (Å²) in [4.78, 5) is 13.7. The predicted molar refractivity (Wildman–Crippen MR) is 72.4 cm³/mol. The summed E-state index contributed by atoms with van der Waals surface area (Å²) in [7, 11) is 1.86. The number of carbonyl (C=O) groups excluding carboxylic acids is 1. The van der Waals surface area contributed by atoms with E-state index in [0.29, 0.717) is 18.5 Å². The van der Waals surface area contributed by atoms with Crippen molar-refractivity contribution in [2.45, 2.75) is 45.8 Å². The van der Waals surface area contributed by atoms with Gasteiger partial charge in [-0.1, -0.05) is 19.1 Å². The maximum atomic E-state index is 11.9. The Morgan fingerprint density at radius 3 is 2.95 bits per heavy atom. The standard InChI is InChI=1S/C13H23N5O/c1-10(2)6-14-7-11-8-18(16-15-11)9-13(19)17(3)12-4-5-12/h8,10,12,14H,4-7,9H2,1-3H3. The molecule has 0 radical (unpaired) electrons. The van der Waals surface area contributed by atoms with E-state index >= 15 is 0 Å². The van der Waals surface area contributed by atoms with Crippen molar-refractivity contribution in [3.8, 4) is 0 Å². The fraction of sp³-hybridized carbons (Fsp3) is 0.769. The Labute approximate surface area is 114 Å². The lowest BCUT2D eigenvalue weighted by Crippen LogP contribution is -2.32. The second-order valence-corrected chi connectivity index (χ2v) is 5.67. The van der Waals surface area contributed by atoms with E-state index < -0.39 is 0 Å². The van der Waals surface area contributed by atoms with Crippen molar-refractivity contribution in [2.24, 2.45) is 5.92 Å². The Balaban J connectivity index is 1.78. The molecule has 1 saturated carbocycles. The van der Waals surface area contributed by atoms with E-state index in [4.69, 9.17) is 0 Å². The number of carbonyl (C=O) groups is 1. The van der Waals surface area contributed by atoms with Crippen LogP contribution >= 0.6 is 0 Å². The second-order valence-electron chi connectivity index (χ2n) is 5.67. The van der Waals surface area contributed by atoms with Crippen LogP contribution in [0.1, 0.15) is 32.4 Å². The molecule has 2 rings (SSSR count). The van der Waals surface area contributed by atoms with Crippen LogP contribution < -0.4 is 5.32 Å². The van der Waals surface area contributed by atoms with E-state index in [1.807, 2.05) is 18.1 Å². The largest absolute Gasteiger partial charge is 0.341 e. The topological polar surface area (TPSA) is 63.1 Å². The van der Waals surface area contributed by atoms with Gasteiger partial charge < -0.3 is 10.2 Å². The zero-order chi connectivity index (χ0) is 13.8. The zero-order valence-electron chi connectivity index (χ0n) is 12.0. The molecule has 0 aromatic carbocycles. The van der Waals surface area contributed by atoms with Gasteiger partial charge in [-0.05, 0) is 25.3 Å². The van der Waals surface area contributed by atoms with Gasteiger partial charge in [-0.2, -0.15) is 0 Å². The molecule has 1 N–H and O–H groups in total. The van der Waals surface area contributed by atoms with Crippen molar-refractivity contribution < 1.29 is 4.79 Å². The number of rotatable bonds is 7. The highest BCUT2D eigenvalue weighted by Gasteiger charge is 2.29. The lowest BCUT2D eigenvalue weighted by Gasteiger charge is -2.15. The molecule has 0 aliphatic heterocycles. The van der Waals surface area contributed by atoms with Crippen LogP contribution in [0.5, 0.6) is 0 Å². The number of nitrogens with one attached hydrogen (secondary N) is 1. The third-order valence-corrected chi connectivity index (χ3v) is 3.23. The summed E-state index contributed by atoms with van der Waals surface area (Å²) in [5, 5.41) is 11.4. The van der Waals surface area contributed by atoms with E-state index in [1.165, 1.54) is 0 Å². The molecule has 106 valence electrons. The first-order valence-corrected chi connectivity index (χ1v) is 6.91. The van der Waals surface area contributed by atoms with Crippen molar-refractivity contribution in [1.29, 1.82) is 0 Å². The minimum Gasteiger partial charge on any atom is -0.341 e. The molecule has 1 aliphatic rings. The van der Waals surface area contributed by atoms with Gasteiger partial charge in [-0.15, -0.1) is 5.10 Å². The highest BCUT2D eigenvalue weighted by molar-refractivity contribution is 5.76. The number of hydrogen-bond donors (Lipinski definition) is 1. The molecule has 1 amide bonds. The molecule has 1 aromatic rings. The van der Waals surface area contributed by atoms with Crippen molar-refractivity contribution in [3.63, 3.8) is 0 Å². The van der Waals surface area contributed by atoms with Crippen LogP contribution in [0.15, 0.2) is 6.20 Å². The normalized spacial score (nSPS) is 14.9. The molecular formula is C13H23N5O. The summed E-state index contributed by atoms with van der Waals surface area (Å²) in [6, 6.07) is 0.447. The Morgan fingerprint density at radius 1 is 1.58 bits per heavy atom. The van der Waals surface area contributed by atoms with Gasteiger partial charge in [0, 0.05) is 19.6 Å². The Kier molecular flexibility index (Phi) is 4.52. The van der Waals surface area contributed by atoms with E-state index in [-0.39, 0.29) is 12.5 Å². The summed E-state index contributed by atoms with van der Waals surface area (Å²) in [5.74, 6) is 0.720. The van der Waals surface area contributed by atoms with Crippen molar-refractivity contribution in [3.05, 3.63) is 11.9 Å². The minimum atomic E-state index is 0.106. The SMILES string of the molecule is CC(C)CNCc1cn(CC(=O)N(C)C2CC2)nn1. The Morgan fingerprint density at radius 2 is 2.32 bits per heavy atom. The van der Waals surface area contributed by atoms with Gasteiger partial charge in [0.15, 0.2) is 0 Å². The van der Waals surface area contributed by atoms with Crippen LogP contribution in [-0.4, -0.2) is 45.4 Å². The third-order valence-electron chi connectivity index (χ3n) is 3.23. The maximum absolute atomic E-state index is 11.9. The molecule has 1 aromatic heterocycles. The molecule has 0 spiro atoms. The van der Waals surface area contributed by atoms with E-state index in [0.717, 1.165) is 25.1 Å². The van der Waals surface area contributed by atoms with Crippen LogP contribution in [0.2, 0.25) is 0 Å². The molecule has 19 heavy (non-hydrogen) atoms. The molecule has 0 saturated heterocycles. The van der Waals surface area contributed by atoms with Crippen LogP contribution in [0.3, 0.4) is 0 Å². The molecule has 1 heterocycles. The maximum Gasteiger partial charge on any atom is 0.244 e. The fourth-order valence-electron chi connectivity index (χ4n) is 1.90. The first kappa shape index (κ1) is 14.0. The first-order valence-electron chi connectivity index (χ1n) is 6.91. The van der Waals surface area contributed by atoms with Crippen LogP contribution in [-0.2, 0) is 17.9 Å². The second kappa shape index (κ2) is 6.14. The van der Waals surface area contributed by atoms with Gasteiger partial charge in [-0.3, -0.25) is 4.79 Å². The van der Waals surface area contributed by atoms with Crippen LogP contribution in [0, 0.1) is 5.92 Å². The average molecular weight is 265 g/mol. The van der Waals surface area contributed by atoms with Gasteiger partial charge in [-0.25, -0.2) is 4.68 Å². The van der Waals surface area contributed by atoms with Gasteiger partial charge >= 0.3 is 0 Å². The van der Waals surface area contributed by atoms with Gasteiger partial charge in [0.25, 0.3) is 0 Å². The first-order chi connectivity index (χ1) is 9.06. The Hall–Kier alpha value is -1.43. The lowest BCUT2D eigenvalue weighted by atomic mass is 10.2.